The number of phenols is 1. The van der Waals surface area contributed by atoms with E-state index >= 15 is 0 Å². The molecule has 2 rings (SSSR count). The number of phenolic OH excluding ortho intramolecular Hbond substituents is 1. The summed E-state index contributed by atoms with van der Waals surface area (Å²) in [6.07, 6.45) is 6.44. The van der Waals surface area contributed by atoms with Crippen LogP contribution in [0.3, 0.4) is 0 Å². The summed E-state index contributed by atoms with van der Waals surface area (Å²) in [6.45, 7) is 2.25. The maximum absolute atomic E-state index is 9.96. The lowest BCUT2D eigenvalue weighted by molar-refractivity contribution is 0.308. The minimum Gasteiger partial charge on any atom is -0.504 e. The van der Waals surface area contributed by atoms with Crippen molar-refractivity contribution in [3.05, 3.63) is 23.8 Å². The monoisotopic (exact) mass is 321 g/mol. The number of methoxy groups -OCH3 is 1. The van der Waals surface area contributed by atoms with Crippen LogP contribution < -0.4 is 15.5 Å². The Balaban J connectivity index is 1.88. The highest BCUT2D eigenvalue weighted by Gasteiger charge is 2.21. The predicted molar refractivity (Wildman–Crippen MR) is 92.5 cm³/mol. The predicted octanol–water partition coefficient (Wildman–Crippen LogP) is 2.78. The van der Waals surface area contributed by atoms with E-state index in [-0.39, 0.29) is 5.75 Å². The van der Waals surface area contributed by atoms with Crippen molar-refractivity contribution in [1.82, 2.24) is 10.7 Å². The first kappa shape index (κ1) is 16.5. The first-order valence-corrected chi connectivity index (χ1v) is 7.98. The Kier molecular flexibility index (Phi) is 6.00. The van der Waals surface area contributed by atoms with Gasteiger partial charge in [0.15, 0.2) is 16.6 Å². The molecule has 1 saturated carbocycles. The van der Waals surface area contributed by atoms with Crippen LogP contribution in [0.5, 0.6) is 11.5 Å². The Bertz CT molecular complexity index is 548. The van der Waals surface area contributed by atoms with Crippen molar-refractivity contribution >= 4 is 23.5 Å². The van der Waals surface area contributed by atoms with Gasteiger partial charge < -0.3 is 15.2 Å². The zero-order chi connectivity index (χ0) is 15.9. The van der Waals surface area contributed by atoms with Gasteiger partial charge in [-0.25, -0.2) is 0 Å². The van der Waals surface area contributed by atoms with Gasteiger partial charge in [0.1, 0.15) is 0 Å². The summed E-state index contributed by atoms with van der Waals surface area (Å²) in [7, 11) is 1.51. The van der Waals surface area contributed by atoms with Gasteiger partial charge in [-0.3, -0.25) is 5.43 Å². The second-order valence-electron chi connectivity index (χ2n) is 5.61. The molecule has 0 bridgehead atoms. The molecule has 22 heavy (non-hydrogen) atoms. The summed E-state index contributed by atoms with van der Waals surface area (Å²) in [6, 6.07) is 5.65. The number of aromatic hydroxyl groups is 1. The van der Waals surface area contributed by atoms with Gasteiger partial charge in [-0.1, -0.05) is 25.8 Å². The maximum atomic E-state index is 9.96. The largest absolute Gasteiger partial charge is 0.504 e. The van der Waals surface area contributed by atoms with Crippen molar-refractivity contribution in [3.63, 3.8) is 0 Å². The number of rotatable bonds is 4. The molecule has 0 heterocycles. The summed E-state index contributed by atoms with van der Waals surface area (Å²) in [5, 5.41) is 17.9. The van der Waals surface area contributed by atoms with Crippen LogP contribution in [0.2, 0.25) is 0 Å². The van der Waals surface area contributed by atoms with E-state index in [1.165, 1.54) is 32.6 Å². The van der Waals surface area contributed by atoms with E-state index < -0.39 is 0 Å². The van der Waals surface area contributed by atoms with Crippen LogP contribution in [0.15, 0.2) is 23.3 Å². The fourth-order valence-corrected chi connectivity index (χ4v) is 2.90. The maximum Gasteiger partial charge on any atom is 0.187 e. The molecule has 0 aromatic heterocycles. The highest BCUT2D eigenvalue weighted by molar-refractivity contribution is 7.80. The molecule has 1 aliphatic carbocycles. The molecule has 0 aliphatic heterocycles. The summed E-state index contributed by atoms with van der Waals surface area (Å²) in [5.41, 5.74) is 3.37. The number of nitrogens with zero attached hydrogens (tertiary/aromatic N) is 1. The number of hydrazone groups is 1. The lowest BCUT2D eigenvalue weighted by atomic mass is 9.86. The molecule has 1 aromatic rings. The van der Waals surface area contributed by atoms with Gasteiger partial charge in [-0.05, 0) is 43.1 Å². The Labute approximate surface area is 136 Å². The van der Waals surface area contributed by atoms with Crippen molar-refractivity contribution in [2.75, 3.05) is 7.11 Å². The molecule has 0 saturated heterocycles. The number of benzene rings is 1. The molecular weight excluding hydrogens is 298 g/mol. The third-order valence-corrected chi connectivity index (χ3v) is 4.26. The van der Waals surface area contributed by atoms with Crippen molar-refractivity contribution in [1.29, 1.82) is 0 Å². The van der Waals surface area contributed by atoms with Crippen molar-refractivity contribution < 1.29 is 9.84 Å². The van der Waals surface area contributed by atoms with E-state index in [9.17, 15) is 5.11 Å². The lowest BCUT2D eigenvalue weighted by Crippen LogP contribution is -2.44. The molecule has 0 radical (unpaired) electrons. The highest BCUT2D eigenvalue weighted by Crippen LogP contribution is 2.28. The molecule has 5 nitrogen and oxygen atoms in total. The Morgan fingerprint density at radius 1 is 1.41 bits per heavy atom. The minimum atomic E-state index is 0.0651. The minimum absolute atomic E-state index is 0.0651. The third kappa shape index (κ3) is 4.34. The average Bonchev–Trinajstić information content (AvgIpc) is 2.51. The van der Waals surface area contributed by atoms with E-state index in [2.05, 4.69) is 22.8 Å². The smallest absolute Gasteiger partial charge is 0.187 e. The first-order chi connectivity index (χ1) is 10.6. The van der Waals surface area contributed by atoms with Crippen LogP contribution in [0.25, 0.3) is 0 Å². The number of ether oxygens (including phenoxy) is 1. The number of nitrogens with one attached hydrogen (secondary N) is 2. The molecule has 1 aromatic carbocycles. The molecule has 6 heteroatoms. The molecular formula is C16H23N3O2S. The third-order valence-electron chi connectivity index (χ3n) is 4.05. The number of thiocarbonyl (C=S) groups is 1. The molecule has 3 N–H and O–H groups in total. The average molecular weight is 321 g/mol. The van der Waals surface area contributed by atoms with Crippen molar-refractivity contribution in [2.24, 2.45) is 11.0 Å². The van der Waals surface area contributed by atoms with Gasteiger partial charge in [0.25, 0.3) is 0 Å². The summed E-state index contributed by atoms with van der Waals surface area (Å²) < 4.78 is 5.06. The second kappa shape index (κ2) is 7.98. The molecule has 1 fully saturated rings. The number of hydrogen-bond donors (Lipinski definition) is 3. The lowest BCUT2D eigenvalue weighted by Gasteiger charge is -2.30. The first-order valence-electron chi connectivity index (χ1n) is 7.57. The highest BCUT2D eigenvalue weighted by atomic mass is 32.1. The van der Waals surface area contributed by atoms with Gasteiger partial charge in [0.2, 0.25) is 0 Å². The van der Waals surface area contributed by atoms with E-state index in [0.717, 1.165) is 6.42 Å². The van der Waals surface area contributed by atoms with Crippen LogP contribution >= 0.6 is 12.2 Å². The van der Waals surface area contributed by atoms with Gasteiger partial charge in [-0.2, -0.15) is 5.10 Å². The van der Waals surface area contributed by atoms with Gasteiger partial charge in [0, 0.05) is 11.6 Å². The van der Waals surface area contributed by atoms with E-state index in [4.69, 9.17) is 17.0 Å². The fourth-order valence-electron chi connectivity index (χ4n) is 2.70. The molecule has 0 spiro atoms. The van der Waals surface area contributed by atoms with Crippen LogP contribution in [-0.2, 0) is 0 Å². The van der Waals surface area contributed by atoms with Crippen LogP contribution in [0.4, 0.5) is 0 Å². The van der Waals surface area contributed by atoms with E-state index in [1.54, 1.807) is 18.2 Å². The topological polar surface area (TPSA) is 65.9 Å². The Morgan fingerprint density at radius 2 is 2.18 bits per heavy atom. The van der Waals surface area contributed by atoms with E-state index in [1.807, 2.05) is 0 Å². The van der Waals surface area contributed by atoms with Gasteiger partial charge in [-0.15, -0.1) is 0 Å². The SMILES string of the molecule is COc1cccc(/C=N/NC(=S)N[C@@H]2CCCC[C@H]2C)c1O. The zero-order valence-electron chi connectivity index (χ0n) is 13.0. The quantitative estimate of drug-likeness (QED) is 0.452. The van der Waals surface area contributed by atoms with Crippen molar-refractivity contribution in [3.8, 4) is 11.5 Å². The normalized spacial score (nSPS) is 21.5. The van der Waals surface area contributed by atoms with Crippen LogP contribution in [-0.4, -0.2) is 29.6 Å². The van der Waals surface area contributed by atoms with Crippen LogP contribution in [0, 0.1) is 5.92 Å². The van der Waals surface area contributed by atoms with Crippen molar-refractivity contribution in [2.45, 2.75) is 38.6 Å². The second-order valence-corrected chi connectivity index (χ2v) is 6.02. The Morgan fingerprint density at radius 3 is 2.91 bits per heavy atom. The molecule has 0 amide bonds. The molecule has 120 valence electrons. The Hall–Kier alpha value is -1.82. The number of para-hydroxylation sites is 1. The fraction of sp³-hybridized carbons (Fsp3) is 0.500. The molecule has 1 aliphatic rings. The standard InChI is InChI=1S/C16H23N3O2S/c1-11-6-3-4-8-13(11)18-16(22)19-17-10-12-7-5-9-14(21-2)15(12)20/h5,7,9-11,13,20H,3-4,6,8H2,1-2H3,(H2,18,19,22)/b17-10+/t11-,13-/m1/s1. The van der Waals surface area contributed by atoms with Gasteiger partial charge in [0.05, 0.1) is 13.3 Å². The number of hydrogen-bond acceptors (Lipinski definition) is 4. The van der Waals surface area contributed by atoms with Gasteiger partial charge >= 0.3 is 0 Å². The summed E-state index contributed by atoms with van der Waals surface area (Å²) in [5.74, 6) is 1.11. The molecule has 0 unspecified atom stereocenters. The zero-order valence-corrected chi connectivity index (χ0v) is 13.8. The van der Waals surface area contributed by atoms with E-state index in [0.29, 0.717) is 28.4 Å². The summed E-state index contributed by atoms with van der Waals surface area (Å²) in [4.78, 5) is 0. The summed E-state index contributed by atoms with van der Waals surface area (Å²) >= 11 is 5.26. The van der Waals surface area contributed by atoms with Crippen LogP contribution in [0.1, 0.15) is 38.2 Å². The molecule has 2 atom stereocenters.